The molecule has 2 amide bonds. The van der Waals surface area contributed by atoms with Crippen LogP contribution >= 0.6 is 0 Å². The van der Waals surface area contributed by atoms with Gasteiger partial charge in [-0.15, -0.1) is 0 Å². The number of β-lactam (4-membered cyclic amide) rings is 2. The van der Waals surface area contributed by atoms with E-state index in [0.717, 1.165) is 32.7 Å². The molecule has 6 aromatic rings. The Labute approximate surface area is 337 Å². The van der Waals surface area contributed by atoms with Gasteiger partial charge in [0, 0.05) is 35.0 Å². The fourth-order valence-electron chi connectivity index (χ4n) is 8.07. The molecule has 0 aliphatic carbocycles. The molecule has 3 aliphatic heterocycles. The first-order chi connectivity index (χ1) is 28.7. The Kier molecular flexibility index (Phi) is 10.9. The van der Waals surface area contributed by atoms with E-state index in [-0.39, 0.29) is 37.1 Å². The third-order valence-electron chi connectivity index (χ3n) is 10.9. The standard InChI is InChI=1S/C48H44N2O8/c51-47-45(57-41-23-11-15-33-13-1-3-17-35(33)41)43-37-19-5-7-21-39(37)55-27-9-10-28-56-40-22-8-6-20-38(40)44-46(58-42-24-12-16-34-14-2-4-18-36(34)42)48(52)50(44)26-30-54-32-31-53-29-25-49(43)47/h1-24,43-46H,25-32H2/b10-9-/t43-,44?,45+,46?/m0/s1. The van der Waals surface area contributed by atoms with Gasteiger partial charge in [0.25, 0.3) is 11.8 Å². The number of nitrogens with zero attached hydrogens (tertiary/aromatic N) is 2. The van der Waals surface area contributed by atoms with E-state index < -0.39 is 12.2 Å². The van der Waals surface area contributed by atoms with Gasteiger partial charge in [-0.3, -0.25) is 9.59 Å². The van der Waals surface area contributed by atoms with Crippen LogP contribution in [0.4, 0.5) is 0 Å². The van der Waals surface area contributed by atoms with Crippen molar-refractivity contribution in [1.82, 2.24) is 9.80 Å². The first-order valence-corrected chi connectivity index (χ1v) is 19.8. The van der Waals surface area contributed by atoms with Crippen LogP contribution in [0.2, 0.25) is 0 Å². The minimum Gasteiger partial charge on any atom is -0.489 e. The number of ether oxygens (including phenoxy) is 6. The molecule has 0 spiro atoms. The van der Waals surface area contributed by atoms with Gasteiger partial charge in [-0.05, 0) is 47.2 Å². The molecule has 10 nitrogen and oxygen atoms in total. The fraction of sp³-hybridized carbons (Fsp3) is 0.250. The number of carbonyl (C=O) groups excluding carboxylic acids is 2. The Morgan fingerprint density at radius 3 is 1.36 bits per heavy atom. The van der Waals surface area contributed by atoms with E-state index in [1.807, 2.05) is 146 Å². The number of fused-ring (bicyclic) bond motifs is 8. The normalized spacial score (nSPS) is 22.2. The van der Waals surface area contributed by atoms with Crippen molar-refractivity contribution in [2.45, 2.75) is 24.3 Å². The van der Waals surface area contributed by atoms with Crippen molar-refractivity contribution >= 4 is 33.4 Å². The zero-order chi connectivity index (χ0) is 39.3. The average molecular weight is 777 g/mol. The second kappa shape index (κ2) is 17.0. The van der Waals surface area contributed by atoms with Gasteiger partial charge in [0.1, 0.15) is 48.3 Å². The van der Waals surface area contributed by atoms with Crippen molar-refractivity contribution in [3.63, 3.8) is 0 Å². The maximum atomic E-state index is 13.8. The second-order valence-electron chi connectivity index (χ2n) is 14.4. The van der Waals surface area contributed by atoms with Gasteiger partial charge < -0.3 is 38.2 Å². The van der Waals surface area contributed by atoms with Crippen LogP contribution in [0, 0.1) is 0 Å². The van der Waals surface area contributed by atoms with Gasteiger partial charge in [0.15, 0.2) is 0 Å². The molecule has 4 atom stereocenters. The summed E-state index contributed by atoms with van der Waals surface area (Å²) in [4.78, 5) is 31.1. The predicted octanol–water partition coefficient (Wildman–Crippen LogP) is 7.72. The van der Waals surface area contributed by atoms with Crippen molar-refractivity contribution in [3.05, 3.63) is 157 Å². The van der Waals surface area contributed by atoms with Crippen LogP contribution < -0.4 is 18.9 Å². The van der Waals surface area contributed by atoms with E-state index in [4.69, 9.17) is 28.4 Å². The molecule has 6 aromatic carbocycles. The van der Waals surface area contributed by atoms with E-state index in [1.165, 1.54) is 0 Å². The van der Waals surface area contributed by atoms with Crippen molar-refractivity contribution in [2.75, 3.05) is 52.7 Å². The third kappa shape index (κ3) is 7.44. The predicted molar refractivity (Wildman–Crippen MR) is 220 cm³/mol. The third-order valence-corrected chi connectivity index (χ3v) is 10.9. The molecule has 58 heavy (non-hydrogen) atoms. The maximum Gasteiger partial charge on any atom is 0.266 e. The topological polar surface area (TPSA) is 96.0 Å². The number of para-hydroxylation sites is 2. The molecule has 10 heteroatoms. The Morgan fingerprint density at radius 1 is 0.466 bits per heavy atom. The maximum absolute atomic E-state index is 13.8. The summed E-state index contributed by atoms with van der Waals surface area (Å²) in [6.45, 7) is 2.59. The minimum absolute atomic E-state index is 0.115. The summed E-state index contributed by atoms with van der Waals surface area (Å²) in [5.74, 6) is 2.41. The molecule has 2 fully saturated rings. The van der Waals surface area contributed by atoms with Gasteiger partial charge in [0.05, 0.1) is 26.4 Å². The summed E-state index contributed by atoms with van der Waals surface area (Å²) >= 11 is 0. The van der Waals surface area contributed by atoms with Crippen molar-refractivity contribution in [1.29, 1.82) is 0 Å². The molecule has 2 unspecified atom stereocenters. The summed E-state index contributed by atoms with van der Waals surface area (Å²) in [6.07, 6.45) is 2.35. The van der Waals surface area contributed by atoms with Crippen molar-refractivity contribution < 1.29 is 38.0 Å². The van der Waals surface area contributed by atoms with Gasteiger partial charge in [-0.25, -0.2) is 0 Å². The van der Waals surface area contributed by atoms with Crippen LogP contribution in [0.1, 0.15) is 23.2 Å². The molecular weight excluding hydrogens is 733 g/mol. The molecule has 0 aromatic heterocycles. The van der Waals surface area contributed by atoms with Crippen LogP contribution in [-0.2, 0) is 19.1 Å². The zero-order valence-corrected chi connectivity index (χ0v) is 32.0. The lowest BCUT2D eigenvalue weighted by atomic mass is 9.89. The summed E-state index contributed by atoms with van der Waals surface area (Å²) < 4.78 is 37.7. The molecule has 9 rings (SSSR count). The molecule has 0 bridgehead atoms. The molecule has 0 saturated carbocycles. The summed E-state index contributed by atoms with van der Waals surface area (Å²) in [5, 5.41) is 3.97. The number of benzene rings is 6. The lowest BCUT2D eigenvalue weighted by Gasteiger charge is -2.47. The highest BCUT2D eigenvalue weighted by atomic mass is 16.5. The number of hydrogen-bond acceptors (Lipinski definition) is 8. The Morgan fingerprint density at radius 2 is 0.879 bits per heavy atom. The zero-order valence-electron chi connectivity index (χ0n) is 32.0. The highest BCUT2D eigenvalue weighted by molar-refractivity contribution is 5.93. The molecule has 294 valence electrons. The minimum atomic E-state index is -0.737. The quantitative estimate of drug-likeness (QED) is 0.133. The van der Waals surface area contributed by atoms with E-state index >= 15 is 0 Å². The number of carbonyl (C=O) groups is 2. The van der Waals surface area contributed by atoms with E-state index in [0.29, 0.717) is 62.5 Å². The summed E-state index contributed by atoms with van der Waals surface area (Å²) in [7, 11) is 0. The van der Waals surface area contributed by atoms with Gasteiger partial charge in [-0.2, -0.15) is 0 Å². The summed E-state index contributed by atoms with van der Waals surface area (Å²) in [5.41, 5.74) is 1.72. The Bertz CT molecular complexity index is 2270. The van der Waals surface area contributed by atoms with Crippen LogP contribution in [0.3, 0.4) is 0 Å². The first kappa shape index (κ1) is 37.2. The Balaban J connectivity index is 0.943. The number of amides is 2. The largest absolute Gasteiger partial charge is 0.489 e. The highest BCUT2D eigenvalue weighted by Gasteiger charge is 2.52. The van der Waals surface area contributed by atoms with Crippen LogP contribution in [0.5, 0.6) is 23.0 Å². The second-order valence-corrected chi connectivity index (χ2v) is 14.4. The molecule has 3 aliphatic rings. The molecule has 3 heterocycles. The van der Waals surface area contributed by atoms with E-state index in [2.05, 4.69) is 0 Å². The first-order valence-electron chi connectivity index (χ1n) is 19.8. The Hall–Kier alpha value is -6.36. The molecule has 0 N–H and O–H groups in total. The smallest absolute Gasteiger partial charge is 0.266 e. The molecule has 2 saturated heterocycles. The summed E-state index contributed by atoms with van der Waals surface area (Å²) in [6, 6.07) is 42.5. The van der Waals surface area contributed by atoms with Crippen molar-refractivity contribution in [2.24, 2.45) is 0 Å². The van der Waals surface area contributed by atoms with Crippen molar-refractivity contribution in [3.8, 4) is 23.0 Å². The van der Waals surface area contributed by atoms with E-state index in [9.17, 15) is 9.59 Å². The molecule has 0 radical (unpaired) electrons. The van der Waals surface area contributed by atoms with Gasteiger partial charge >= 0.3 is 0 Å². The monoisotopic (exact) mass is 776 g/mol. The van der Waals surface area contributed by atoms with E-state index in [1.54, 1.807) is 9.80 Å². The van der Waals surface area contributed by atoms with Gasteiger partial charge in [-0.1, -0.05) is 109 Å². The highest BCUT2D eigenvalue weighted by Crippen LogP contribution is 2.44. The fourth-order valence-corrected chi connectivity index (χ4v) is 8.07. The number of rotatable bonds is 4. The number of hydrogen-bond donors (Lipinski definition) is 0. The average Bonchev–Trinajstić information content (AvgIpc) is 3.26. The SMILES string of the molecule is O=C1C(Oc2cccc3ccccc23)C2c3ccccc3OC/C=C\COc3ccccc3[C@H]3[C@@H](Oc4cccc5ccccc45)C(=O)N3CCOCCOCCN12. The molecular formula is C48H44N2O8. The van der Waals surface area contributed by atoms with Gasteiger partial charge in [0.2, 0.25) is 12.2 Å². The lowest BCUT2D eigenvalue weighted by Crippen LogP contribution is -2.62. The van der Waals surface area contributed by atoms with Crippen LogP contribution in [-0.4, -0.2) is 86.6 Å². The van der Waals surface area contributed by atoms with Crippen LogP contribution in [0.25, 0.3) is 21.5 Å². The lowest BCUT2D eigenvalue weighted by molar-refractivity contribution is -0.166. The van der Waals surface area contributed by atoms with Crippen LogP contribution in [0.15, 0.2) is 146 Å².